The molecule has 2 aromatic rings. The largest absolute Gasteiger partial charge is 0.483 e. The Labute approximate surface area is 151 Å². The SMILES string of the molecule is O=C(COc1cccc2c1CCCC2O)NCc1ccc2c(c1)OCO2. The Morgan fingerprint density at radius 3 is 3.04 bits per heavy atom. The third-order valence-electron chi connectivity index (χ3n) is 4.72. The number of rotatable bonds is 5. The number of carbonyl (C=O) groups is 1. The molecule has 2 aliphatic rings. The molecule has 0 saturated heterocycles. The second kappa shape index (κ2) is 7.25. The van der Waals surface area contributed by atoms with Crippen molar-refractivity contribution in [3.05, 3.63) is 53.1 Å². The van der Waals surface area contributed by atoms with E-state index in [1.54, 1.807) is 0 Å². The average molecular weight is 355 g/mol. The molecule has 26 heavy (non-hydrogen) atoms. The summed E-state index contributed by atoms with van der Waals surface area (Å²) in [7, 11) is 0. The maximum absolute atomic E-state index is 12.1. The summed E-state index contributed by atoms with van der Waals surface area (Å²) in [6.45, 7) is 0.566. The summed E-state index contributed by atoms with van der Waals surface area (Å²) in [5.41, 5.74) is 2.85. The van der Waals surface area contributed by atoms with Crippen LogP contribution in [0.2, 0.25) is 0 Å². The normalized spacial score (nSPS) is 17.5. The van der Waals surface area contributed by atoms with Crippen LogP contribution in [0.3, 0.4) is 0 Å². The van der Waals surface area contributed by atoms with Gasteiger partial charge in [-0.1, -0.05) is 18.2 Å². The van der Waals surface area contributed by atoms with Gasteiger partial charge in [-0.05, 0) is 54.2 Å². The molecule has 0 fully saturated rings. The van der Waals surface area contributed by atoms with Crippen LogP contribution in [-0.2, 0) is 17.8 Å². The minimum Gasteiger partial charge on any atom is -0.483 e. The van der Waals surface area contributed by atoms with Crippen molar-refractivity contribution in [2.24, 2.45) is 0 Å². The molecule has 0 bridgehead atoms. The van der Waals surface area contributed by atoms with Crippen molar-refractivity contribution < 1.29 is 24.1 Å². The summed E-state index contributed by atoms with van der Waals surface area (Å²) >= 11 is 0. The molecule has 1 aliphatic heterocycles. The van der Waals surface area contributed by atoms with Crippen molar-refractivity contribution >= 4 is 5.91 Å². The van der Waals surface area contributed by atoms with Gasteiger partial charge < -0.3 is 24.6 Å². The van der Waals surface area contributed by atoms with Gasteiger partial charge in [0.15, 0.2) is 18.1 Å². The van der Waals surface area contributed by atoms with E-state index in [-0.39, 0.29) is 19.3 Å². The smallest absolute Gasteiger partial charge is 0.258 e. The van der Waals surface area contributed by atoms with Crippen LogP contribution in [0, 0.1) is 0 Å². The maximum atomic E-state index is 12.1. The highest BCUT2D eigenvalue weighted by Gasteiger charge is 2.21. The van der Waals surface area contributed by atoms with E-state index in [9.17, 15) is 9.90 Å². The molecule has 6 nitrogen and oxygen atoms in total. The zero-order valence-corrected chi connectivity index (χ0v) is 14.4. The predicted octanol–water partition coefficient (Wildman–Crippen LogP) is 2.48. The molecule has 1 amide bonds. The van der Waals surface area contributed by atoms with E-state index in [0.29, 0.717) is 18.0 Å². The number of nitrogens with one attached hydrogen (secondary N) is 1. The monoisotopic (exact) mass is 355 g/mol. The van der Waals surface area contributed by atoms with E-state index in [2.05, 4.69) is 5.32 Å². The van der Waals surface area contributed by atoms with E-state index in [1.165, 1.54) is 0 Å². The van der Waals surface area contributed by atoms with Gasteiger partial charge >= 0.3 is 0 Å². The second-order valence-electron chi connectivity index (χ2n) is 6.48. The minimum absolute atomic E-state index is 0.0584. The summed E-state index contributed by atoms with van der Waals surface area (Å²) in [5.74, 6) is 1.90. The molecular weight excluding hydrogens is 334 g/mol. The van der Waals surface area contributed by atoms with Gasteiger partial charge in [0.2, 0.25) is 6.79 Å². The van der Waals surface area contributed by atoms with Crippen LogP contribution in [0.25, 0.3) is 0 Å². The Bertz CT molecular complexity index is 820. The lowest BCUT2D eigenvalue weighted by Gasteiger charge is -2.23. The van der Waals surface area contributed by atoms with Crippen LogP contribution in [0.4, 0.5) is 0 Å². The fourth-order valence-corrected chi connectivity index (χ4v) is 3.37. The minimum atomic E-state index is -0.442. The predicted molar refractivity (Wildman–Crippen MR) is 94.2 cm³/mol. The van der Waals surface area contributed by atoms with E-state index in [1.807, 2.05) is 36.4 Å². The van der Waals surface area contributed by atoms with Crippen LogP contribution in [0.15, 0.2) is 36.4 Å². The number of hydrogen-bond donors (Lipinski definition) is 2. The van der Waals surface area contributed by atoms with Gasteiger partial charge in [-0.25, -0.2) is 0 Å². The van der Waals surface area contributed by atoms with Crippen LogP contribution >= 0.6 is 0 Å². The molecule has 0 spiro atoms. The number of aliphatic hydroxyl groups is 1. The van der Waals surface area contributed by atoms with Crippen molar-refractivity contribution in [2.75, 3.05) is 13.4 Å². The molecule has 0 radical (unpaired) electrons. The highest BCUT2D eigenvalue weighted by molar-refractivity contribution is 5.77. The summed E-state index contributed by atoms with van der Waals surface area (Å²) in [6, 6.07) is 11.2. The number of aliphatic hydroxyl groups excluding tert-OH is 1. The van der Waals surface area contributed by atoms with E-state index >= 15 is 0 Å². The molecular formula is C20H21NO5. The third-order valence-corrected chi connectivity index (χ3v) is 4.72. The lowest BCUT2D eigenvalue weighted by atomic mass is 9.89. The summed E-state index contributed by atoms with van der Waals surface area (Å²) in [4.78, 5) is 12.1. The maximum Gasteiger partial charge on any atom is 0.258 e. The Kier molecular flexibility index (Phi) is 4.67. The summed E-state index contributed by atoms with van der Waals surface area (Å²) in [5, 5.41) is 12.9. The molecule has 0 aromatic heterocycles. The fourth-order valence-electron chi connectivity index (χ4n) is 3.37. The Morgan fingerprint density at radius 1 is 1.23 bits per heavy atom. The first-order chi connectivity index (χ1) is 12.7. The third kappa shape index (κ3) is 3.46. The molecule has 1 atom stereocenters. The van der Waals surface area contributed by atoms with Gasteiger partial charge in [0, 0.05) is 6.54 Å². The van der Waals surface area contributed by atoms with Gasteiger partial charge in [-0.15, -0.1) is 0 Å². The second-order valence-corrected chi connectivity index (χ2v) is 6.48. The van der Waals surface area contributed by atoms with Gasteiger partial charge in [0.25, 0.3) is 5.91 Å². The van der Waals surface area contributed by atoms with Crippen molar-refractivity contribution in [1.29, 1.82) is 0 Å². The van der Waals surface area contributed by atoms with E-state index < -0.39 is 6.10 Å². The molecule has 1 unspecified atom stereocenters. The summed E-state index contributed by atoms with van der Waals surface area (Å²) in [6.07, 6.45) is 2.11. The zero-order chi connectivity index (χ0) is 17.9. The Hall–Kier alpha value is -2.73. The molecule has 1 aliphatic carbocycles. The number of ether oxygens (including phenoxy) is 3. The van der Waals surface area contributed by atoms with E-state index in [4.69, 9.17) is 14.2 Å². The van der Waals surface area contributed by atoms with Crippen molar-refractivity contribution in [2.45, 2.75) is 31.9 Å². The van der Waals surface area contributed by atoms with Gasteiger partial charge in [-0.3, -0.25) is 4.79 Å². The molecule has 2 N–H and O–H groups in total. The number of benzene rings is 2. The average Bonchev–Trinajstić information content (AvgIpc) is 3.13. The lowest BCUT2D eigenvalue weighted by molar-refractivity contribution is -0.123. The van der Waals surface area contributed by atoms with Crippen LogP contribution in [0.1, 0.15) is 35.6 Å². The molecule has 4 rings (SSSR count). The number of amides is 1. The van der Waals surface area contributed by atoms with Crippen LogP contribution in [0.5, 0.6) is 17.2 Å². The highest BCUT2D eigenvalue weighted by Crippen LogP contribution is 2.35. The number of fused-ring (bicyclic) bond motifs is 2. The highest BCUT2D eigenvalue weighted by atomic mass is 16.7. The molecule has 6 heteroatoms. The van der Waals surface area contributed by atoms with Crippen molar-refractivity contribution in [3.8, 4) is 17.2 Å². The van der Waals surface area contributed by atoms with Gasteiger partial charge in [0.1, 0.15) is 5.75 Å². The van der Waals surface area contributed by atoms with Crippen LogP contribution in [-0.4, -0.2) is 24.4 Å². The topological polar surface area (TPSA) is 77.0 Å². The standard InChI is InChI=1S/C20H21NO5/c22-16-5-1-4-15-14(16)3-2-6-17(15)24-11-20(23)21-10-13-7-8-18-19(9-13)26-12-25-18/h2-3,6-9,16,22H,1,4-5,10-12H2,(H,21,23). The molecule has 0 saturated carbocycles. The first-order valence-electron chi connectivity index (χ1n) is 8.78. The van der Waals surface area contributed by atoms with Crippen LogP contribution < -0.4 is 19.5 Å². The zero-order valence-electron chi connectivity index (χ0n) is 14.4. The number of hydrogen-bond acceptors (Lipinski definition) is 5. The Morgan fingerprint density at radius 2 is 2.12 bits per heavy atom. The fraction of sp³-hybridized carbons (Fsp3) is 0.350. The van der Waals surface area contributed by atoms with Gasteiger partial charge in [-0.2, -0.15) is 0 Å². The number of carbonyl (C=O) groups excluding carboxylic acids is 1. The molecule has 2 aromatic carbocycles. The van der Waals surface area contributed by atoms with Gasteiger partial charge in [0.05, 0.1) is 6.10 Å². The first kappa shape index (κ1) is 16.7. The van der Waals surface area contributed by atoms with E-state index in [0.717, 1.165) is 41.7 Å². The molecule has 136 valence electrons. The molecule has 1 heterocycles. The lowest BCUT2D eigenvalue weighted by Crippen LogP contribution is -2.28. The summed E-state index contributed by atoms with van der Waals surface area (Å²) < 4.78 is 16.3. The van der Waals surface area contributed by atoms with Crippen molar-refractivity contribution in [1.82, 2.24) is 5.32 Å². The Balaban J connectivity index is 1.33. The first-order valence-corrected chi connectivity index (χ1v) is 8.78. The van der Waals surface area contributed by atoms with Crippen molar-refractivity contribution in [3.63, 3.8) is 0 Å². The quantitative estimate of drug-likeness (QED) is 0.862.